The molecule has 11 heteroatoms. The normalized spacial score (nSPS) is 10.6. The molecule has 0 saturated carbocycles. The number of ether oxygens (including phenoxy) is 2. The smallest absolute Gasteiger partial charge is 0.345 e. The molecule has 3 rings (SSSR count). The third-order valence-electron chi connectivity index (χ3n) is 4.06. The molecule has 1 amide bonds. The molecule has 0 fully saturated rings. The Kier molecular flexibility index (Phi) is 7.96. The standard InChI is InChI=1S/C22H15Cl2N3O6/c23-15-7-10-20(19(11-15)27(30)31)32-13-21(28)26-25-12-14-5-8-16(9-6-14)33-22(29)17-3-1-2-4-18(17)24/h1-12H,13H2,(H,26,28). The second kappa shape index (κ2) is 11.1. The van der Waals surface area contributed by atoms with E-state index >= 15 is 0 Å². The summed E-state index contributed by atoms with van der Waals surface area (Å²) in [4.78, 5) is 34.4. The van der Waals surface area contributed by atoms with Crippen molar-refractivity contribution in [2.45, 2.75) is 0 Å². The van der Waals surface area contributed by atoms with Crippen LogP contribution in [0.15, 0.2) is 71.8 Å². The van der Waals surface area contributed by atoms with E-state index in [-0.39, 0.29) is 27.0 Å². The maximum Gasteiger partial charge on any atom is 0.345 e. The summed E-state index contributed by atoms with van der Waals surface area (Å²) in [6, 6.07) is 16.7. The minimum atomic E-state index is -0.660. The highest BCUT2D eigenvalue weighted by Crippen LogP contribution is 2.29. The van der Waals surface area contributed by atoms with Crippen molar-refractivity contribution in [3.63, 3.8) is 0 Å². The van der Waals surface area contributed by atoms with Gasteiger partial charge in [0, 0.05) is 11.1 Å². The molecule has 0 saturated heterocycles. The van der Waals surface area contributed by atoms with Crippen LogP contribution in [0, 0.1) is 10.1 Å². The van der Waals surface area contributed by atoms with E-state index in [1.54, 1.807) is 48.5 Å². The monoisotopic (exact) mass is 487 g/mol. The van der Waals surface area contributed by atoms with Crippen molar-refractivity contribution in [1.29, 1.82) is 0 Å². The number of carbonyl (C=O) groups is 2. The predicted octanol–water partition coefficient (Wildman–Crippen LogP) is 4.65. The molecule has 0 aliphatic carbocycles. The van der Waals surface area contributed by atoms with Gasteiger partial charge in [-0.2, -0.15) is 5.10 Å². The topological polar surface area (TPSA) is 120 Å². The van der Waals surface area contributed by atoms with Gasteiger partial charge < -0.3 is 9.47 Å². The van der Waals surface area contributed by atoms with Crippen LogP contribution in [0.25, 0.3) is 0 Å². The Bertz CT molecular complexity index is 1220. The Hall–Kier alpha value is -3.95. The van der Waals surface area contributed by atoms with Gasteiger partial charge in [0.25, 0.3) is 5.91 Å². The molecule has 0 atom stereocenters. The van der Waals surface area contributed by atoms with Gasteiger partial charge in [-0.1, -0.05) is 35.3 Å². The summed E-state index contributed by atoms with van der Waals surface area (Å²) in [5.74, 6) is -1.000. The molecule has 0 unspecified atom stereocenters. The van der Waals surface area contributed by atoms with Crippen LogP contribution in [0.3, 0.4) is 0 Å². The third-order valence-corrected chi connectivity index (χ3v) is 4.63. The van der Waals surface area contributed by atoms with Crippen molar-refractivity contribution in [2.24, 2.45) is 5.10 Å². The predicted molar refractivity (Wildman–Crippen MR) is 122 cm³/mol. The Morgan fingerprint density at radius 1 is 1.06 bits per heavy atom. The van der Waals surface area contributed by atoms with E-state index in [0.717, 1.165) is 6.07 Å². The van der Waals surface area contributed by atoms with E-state index in [4.69, 9.17) is 32.7 Å². The molecule has 33 heavy (non-hydrogen) atoms. The van der Waals surface area contributed by atoms with E-state index in [2.05, 4.69) is 10.5 Å². The first-order valence-corrected chi connectivity index (χ1v) is 10.0. The molecule has 0 aliphatic heterocycles. The van der Waals surface area contributed by atoms with Crippen LogP contribution in [-0.2, 0) is 4.79 Å². The highest BCUT2D eigenvalue weighted by atomic mass is 35.5. The SMILES string of the molecule is O=C(COc1ccc(Cl)cc1[N+](=O)[O-])NN=Cc1ccc(OC(=O)c2ccccc2Cl)cc1. The fourth-order valence-electron chi connectivity index (χ4n) is 2.52. The van der Waals surface area contributed by atoms with E-state index < -0.39 is 23.4 Å². The number of hydrogen-bond acceptors (Lipinski definition) is 7. The molecule has 0 bridgehead atoms. The summed E-state index contributed by atoms with van der Waals surface area (Å²) in [5, 5.41) is 15.3. The number of benzene rings is 3. The number of nitro benzene ring substituents is 1. The van der Waals surface area contributed by atoms with Crippen molar-refractivity contribution in [2.75, 3.05) is 6.61 Å². The average Bonchev–Trinajstić information content (AvgIpc) is 2.79. The van der Waals surface area contributed by atoms with Gasteiger partial charge in [0.15, 0.2) is 12.4 Å². The summed E-state index contributed by atoms with van der Waals surface area (Å²) >= 11 is 11.7. The maximum absolute atomic E-state index is 12.2. The van der Waals surface area contributed by atoms with Crippen LogP contribution in [0.4, 0.5) is 5.69 Å². The zero-order valence-corrected chi connectivity index (χ0v) is 18.2. The van der Waals surface area contributed by atoms with Crippen molar-refractivity contribution < 1.29 is 24.0 Å². The number of hydrazone groups is 1. The first-order valence-electron chi connectivity index (χ1n) is 9.29. The van der Waals surface area contributed by atoms with E-state index in [0.29, 0.717) is 11.3 Å². The van der Waals surface area contributed by atoms with Gasteiger partial charge in [0.2, 0.25) is 0 Å². The molecule has 9 nitrogen and oxygen atoms in total. The molecule has 3 aromatic rings. The molecule has 0 radical (unpaired) electrons. The van der Waals surface area contributed by atoms with Crippen molar-refractivity contribution in [3.05, 3.63) is 98.0 Å². The zero-order chi connectivity index (χ0) is 23.8. The van der Waals surface area contributed by atoms with Crippen LogP contribution in [0.2, 0.25) is 10.0 Å². The highest BCUT2D eigenvalue weighted by molar-refractivity contribution is 6.33. The van der Waals surface area contributed by atoms with Crippen LogP contribution < -0.4 is 14.9 Å². The number of rotatable bonds is 8. The minimum Gasteiger partial charge on any atom is -0.477 e. The number of esters is 1. The molecule has 0 aliphatic rings. The van der Waals surface area contributed by atoms with Crippen LogP contribution in [0.1, 0.15) is 15.9 Å². The van der Waals surface area contributed by atoms with E-state index in [1.165, 1.54) is 18.3 Å². The Morgan fingerprint density at radius 2 is 1.79 bits per heavy atom. The number of nitrogens with zero attached hydrogens (tertiary/aromatic N) is 2. The van der Waals surface area contributed by atoms with Gasteiger partial charge in [-0.3, -0.25) is 14.9 Å². The van der Waals surface area contributed by atoms with Gasteiger partial charge in [-0.25, -0.2) is 10.2 Å². The fraction of sp³-hybridized carbons (Fsp3) is 0.0455. The Labute approximate surface area is 197 Å². The zero-order valence-electron chi connectivity index (χ0n) is 16.7. The molecule has 0 heterocycles. The molecule has 168 valence electrons. The van der Waals surface area contributed by atoms with E-state index in [9.17, 15) is 19.7 Å². The van der Waals surface area contributed by atoms with Gasteiger partial charge in [0.05, 0.1) is 21.7 Å². The number of amides is 1. The molecule has 0 spiro atoms. The lowest BCUT2D eigenvalue weighted by Gasteiger charge is -2.06. The summed E-state index contributed by atoms with van der Waals surface area (Å²) in [6.45, 7) is -0.489. The lowest BCUT2D eigenvalue weighted by Crippen LogP contribution is -2.24. The summed E-state index contributed by atoms with van der Waals surface area (Å²) in [6.07, 6.45) is 1.36. The fourth-order valence-corrected chi connectivity index (χ4v) is 2.90. The van der Waals surface area contributed by atoms with Gasteiger partial charge in [0.1, 0.15) is 5.75 Å². The lowest BCUT2D eigenvalue weighted by atomic mass is 10.2. The van der Waals surface area contributed by atoms with Crippen LogP contribution >= 0.6 is 23.2 Å². The number of nitro groups is 1. The average molecular weight is 488 g/mol. The highest BCUT2D eigenvalue weighted by Gasteiger charge is 2.16. The molecular formula is C22H15Cl2N3O6. The summed E-state index contributed by atoms with van der Waals surface area (Å²) < 4.78 is 10.4. The number of nitrogens with one attached hydrogen (secondary N) is 1. The van der Waals surface area contributed by atoms with Gasteiger partial charge in [-0.05, 0) is 54.1 Å². The largest absolute Gasteiger partial charge is 0.477 e. The number of halogens is 2. The first kappa shape index (κ1) is 23.7. The van der Waals surface area contributed by atoms with Crippen LogP contribution in [0.5, 0.6) is 11.5 Å². The molecular weight excluding hydrogens is 473 g/mol. The lowest BCUT2D eigenvalue weighted by molar-refractivity contribution is -0.385. The molecule has 3 aromatic carbocycles. The second-order valence-electron chi connectivity index (χ2n) is 6.39. The van der Waals surface area contributed by atoms with Crippen molar-refractivity contribution >= 4 is 47.0 Å². The van der Waals surface area contributed by atoms with Gasteiger partial charge in [-0.15, -0.1) is 0 Å². The van der Waals surface area contributed by atoms with Crippen LogP contribution in [-0.4, -0.2) is 29.6 Å². The molecule has 0 aromatic heterocycles. The summed E-state index contributed by atoms with van der Waals surface area (Å²) in [5.41, 5.74) is 2.75. The summed E-state index contributed by atoms with van der Waals surface area (Å²) in [7, 11) is 0. The first-order chi connectivity index (χ1) is 15.8. The third kappa shape index (κ3) is 6.76. The van der Waals surface area contributed by atoms with Crippen molar-refractivity contribution in [3.8, 4) is 11.5 Å². The second-order valence-corrected chi connectivity index (χ2v) is 7.23. The number of carbonyl (C=O) groups excluding carboxylic acids is 2. The Morgan fingerprint density at radius 3 is 2.48 bits per heavy atom. The Balaban J connectivity index is 1.50. The number of hydrogen-bond donors (Lipinski definition) is 1. The minimum absolute atomic E-state index is 0.0922. The molecule has 1 N–H and O–H groups in total. The maximum atomic E-state index is 12.2. The van der Waals surface area contributed by atoms with Gasteiger partial charge >= 0.3 is 11.7 Å². The van der Waals surface area contributed by atoms with Crippen molar-refractivity contribution in [1.82, 2.24) is 5.43 Å². The quantitative estimate of drug-likeness (QED) is 0.162. The van der Waals surface area contributed by atoms with E-state index in [1.807, 2.05) is 0 Å².